The van der Waals surface area contributed by atoms with E-state index in [0.29, 0.717) is 31.6 Å². The summed E-state index contributed by atoms with van der Waals surface area (Å²) in [5, 5.41) is 13.3. The zero-order valence-corrected chi connectivity index (χ0v) is 16.4. The number of aromatic nitrogens is 2. The van der Waals surface area contributed by atoms with Gasteiger partial charge in [0.2, 0.25) is 5.91 Å². The molecule has 2 amide bonds. The first-order valence-electron chi connectivity index (χ1n) is 9.82. The fraction of sp³-hybridized carbons (Fsp3) is 0.429. The van der Waals surface area contributed by atoms with Gasteiger partial charge in [0.15, 0.2) is 0 Å². The van der Waals surface area contributed by atoms with E-state index >= 15 is 0 Å². The Morgan fingerprint density at radius 3 is 2.70 bits per heavy atom. The summed E-state index contributed by atoms with van der Waals surface area (Å²) < 4.78 is 27.2. The summed E-state index contributed by atoms with van der Waals surface area (Å²) in [6.45, 7) is 1.97. The summed E-state index contributed by atoms with van der Waals surface area (Å²) in [6, 6.07) is 4.07. The highest BCUT2D eigenvalue weighted by Crippen LogP contribution is 2.46. The number of anilines is 1. The topological polar surface area (TPSA) is 95.4 Å². The number of nitrogens with zero attached hydrogens (tertiary/aromatic N) is 3. The number of benzene rings is 1. The third-order valence-corrected chi connectivity index (χ3v) is 5.84. The molecule has 158 valence electrons. The molecule has 9 heteroatoms. The fourth-order valence-corrected chi connectivity index (χ4v) is 4.59. The minimum Gasteiger partial charge on any atom is -0.393 e. The van der Waals surface area contributed by atoms with Crippen LogP contribution in [0.25, 0.3) is 0 Å². The molecule has 1 aliphatic carbocycles. The number of amides is 2. The van der Waals surface area contributed by atoms with Gasteiger partial charge in [-0.05, 0) is 50.8 Å². The first kappa shape index (κ1) is 20.3. The van der Waals surface area contributed by atoms with Crippen molar-refractivity contribution in [2.45, 2.75) is 44.8 Å². The van der Waals surface area contributed by atoms with Gasteiger partial charge in [-0.1, -0.05) is 0 Å². The summed E-state index contributed by atoms with van der Waals surface area (Å²) in [7, 11) is 0. The maximum atomic E-state index is 13.6. The highest BCUT2D eigenvalue weighted by Gasteiger charge is 2.52. The maximum Gasteiger partial charge on any atom is 0.270 e. The van der Waals surface area contributed by atoms with Crippen molar-refractivity contribution >= 4 is 17.5 Å². The molecule has 2 aromatic rings. The van der Waals surface area contributed by atoms with Gasteiger partial charge in [-0.3, -0.25) is 9.59 Å². The number of hydrogen-bond acceptors (Lipinski definition) is 5. The van der Waals surface area contributed by atoms with E-state index in [-0.39, 0.29) is 23.7 Å². The fourth-order valence-electron chi connectivity index (χ4n) is 4.59. The van der Waals surface area contributed by atoms with Gasteiger partial charge < -0.3 is 15.3 Å². The summed E-state index contributed by atoms with van der Waals surface area (Å²) in [5.74, 6) is -1.74. The lowest BCUT2D eigenvalue weighted by atomic mass is 9.69. The highest BCUT2D eigenvalue weighted by atomic mass is 19.1. The lowest BCUT2D eigenvalue weighted by Gasteiger charge is -2.39. The Hall–Kier alpha value is -2.94. The van der Waals surface area contributed by atoms with E-state index in [1.165, 1.54) is 17.2 Å². The largest absolute Gasteiger partial charge is 0.393 e. The molecule has 2 aliphatic rings. The number of aliphatic hydroxyl groups excluding tert-OH is 1. The number of aryl methyl sites for hydroxylation is 1. The average Bonchev–Trinajstić information content (AvgIpc) is 2.96. The van der Waals surface area contributed by atoms with E-state index < -0.39 is 35.1 Å². The molecule has 1 saturated heterocycles. The van der Waals surface area contributed by atoms with Crippen molar-refractivity contribution < 1.29 is 23.5 Å². The second-order valence-corrected chi connectivity index (χ2v) is 8.07. The molecule has 2 heterocycles. The van der Waals surface area contributed by atoms with E-state index in [1.807, 2.05) is 0 Å². The number of carbonyl (C=O) groups excluding carboxylic acids is 2. The molecule has 1 aliphatic heterocycles. The van der Waals surface area contributed by atoms with Gasteiger partial charge in [0.1, 0.15) is 23.2 Å². The number of nitrogens with one attached hydrogen (secondary N) is 1. The van der Waals surface area contributed by atoms with Crippen LogP contribution in [0.5, 0.6) is 0 Å². The third kappa shape index (κ3) is 3.89. The molecule has 7 nitrogen and oxygen atoms in total. The Labute approximate surface area is 172 Å². The number of hydrogen-bond donors (Lipinski definition) is 2. The zero-order chi connectivity index (χ0) is 21.5. The van der Waals surface area contributed by atoms with E-state index in [0.717, 1.165) is 18.2 Å². The Bertz CT molecular complexity index is 982. The Morgan fingerprint density at radius 1 is 1.27 bits per heavy atom. The minimum atomic E-state index is -0.889. The van der Waals surface area contributed by atoms with Crippen LogP contribution in [0.4, 0.5) is 14.5 Å². The monoisotopic (exact) mass is 416 g/mol. The van der Waals surface area contributed by atoms with Crippen molar-refractivity contribution in [2.75, 3.05) is 11.4 Å². The molecule has 3 atom stereocenters. The maximum absolute atomic E-state index is 13.6. The molecule has 4 rings (SSSR count). The standard InChI is InChI=1S/C21H22F2N4O3/c1-12-24-4-2-18(25-12)19(29)26-15-9-17(28)11-21(10-15)3-5-27(20(21)30)16-7-13(22)6-14(23)8-16/h2,4,6-8,15,17,28H,3,5,9-11H2,1H3,(H,26,29)/t15-,17+,21?/m0/s1. The van der Waals surface area contributed by atoms with Crippen LogP contribution in [0, 0.1) is 24.0 Å². The van der Waals surface area contributed by atoms with Crippen molar-refractivity contribution in [1.29, 1.82) is 0 Å². The number of rotatable bonds is 3. The molecular formula is C21H22F2N4O3. The zero-order valence-electron chi connectivity index (χ0n) is 16.4. The van der Waals surface area contributed by atoms with Crippen LogP contribution in [0.1, 0.15) is 42.0 Å². The van der Waals surface area contributed by atoms with Crippen LogP contribution in [-0.2, 0) is 4.79 Å². The van der Waals surface area contributed by atoms with Crippen molar-refractivity contribution in [2.24, 2.45) is 5.41 Å². The minimum absolute atomic E-state index is 0.159. The summed E-state index contributed by atoms with van der Waals surface area (Å²) in [4.78, 5) is 35.2. The second kappa shape index (κ2) is 7.71. The molecule has 1 spiro atoms. The first-order chi connectivity index (χ1) is 14.3. The van der Waals surface area contributed by atoms with Gasteiger partial charge in [-0.2, -0.15) is 0 Å². The highest BCUT2D eigenvalue weighted by molar-refractivity contribution is 6.00. The molecule has 1 aromatic heterocycles. The molecule has 1 unspecified atom stereocenters. The molecule has 0 radical (unpaired) electrons. The summed E-state index contributed by atoms with van der Waals surface area (Å²) in [6.07, 6.45) is 2.06. The lowest BCUT2D eigenvalue weighted by molar-refractivity contribution is -0.130. The van der Waals surface area contributed by atoms with Crippen LogP contribution in [0.2, 0.25) is 0 Å². The van der Waals surface area contributed by atoms with Crippen LogP contribution in [0.3, 0.4) is 0 Å². The van der Waals surface area contributed by atoms with Gasteiger partial charge in [-0.25, -0.2) is 18.7 Å². The summed E-state index contributed by atoms with van der Waals surface area (Å²) in [5.41, 5.74) is -0.516. The predicted molar refractivity (Wildman–Crippen MR) is 104 cm³/mol. The van der Waals surface area contributed by atoms with E-state index in [4.69, 9.17) is 0 Å². The van der Waals surface area contributed by atoms with Gasteiger partial charge in [-0.15, -0.1) is 0 Å². The predicted octanol–water partition coefficient (Wildman–Crippen LogP) is 2.13. The normalized spacial score (nSPS) is 26.3. The third-order valence-electron chi connectivity index (χ3n) is 5.84. The molecule has 1 saturated carbocycles. The first-order valence-corrected chi connectivity index (χ1v) is 9.82. The molecule has 2 fully saturated rings. The number of aliphatic hydroxyl groups is 1. The Morgan fingerprint density at radius 2 is 2.00 bits per heavy atom. The SMILES string of the molecule is Cc1nccc(C(=O)N[C@H]2C[C@@H](O)CC3(CCN(c4cc(F)cc(F)c4)C3=O)C2)n1. The van der Waals surface area contributed by atoms with Crippen molar-refractivity contribution in [3.8, 4) is 0 Å². The second-order valence-electron chi connectivity index (χ2n) is 8.07. The van der Waals surface area contributed by atoms with Crippen LogP contribution >= 0.6 is 0 Å². The van der Waals surface area contributed by atoms with E-state index in [1.54, 1.807) is 6.92 Å². The van der Waals surface area contributed by atoms with Crippen LogP contribution in [0.15, 0.2) is 30.5 Å². The molecule has 30 heavy (non-hydrogen) atoms. The van der Waals surface area contributed by atoms with Gasteiger partial charge in [0, 0.05) is 30.5 Å². The van der Waals surface area contributed by atoms with Crippen LogP contribution < -0.4 is 10.2 Å². The molecule has 0 bridgehead atoms. The van der Waals surface area contributed by atoms with Crippen molar-refractivity contribution in [3.05, 3.63) is 53.6 Å². The molecule has 1 aromatic carbocycles. The Balaban J connectivity index is 1.52. The average molecular weight is 416 g/mol. The van der Waals surface area contributed by atoms with Gasteiger partial charge in [0.05, 0.1) is 11.5 Å². The molecular weight excluding hydrogens is 394 g/mol. The number of carbonyl (C=O) groups is 2. The van der Waals surface area contributed by atoms with Crippen molar-refractivity contribution in [3.63, 3.8) is 0 Å². The number of halogens is 2. The smallest absolute Gasteiger partial charge is 0.270 e. The van der Waals surface area contributed by atoms with Gasteiger partial charge >= 0.3 is 0 Å². The quantitative estimate of drug-likeness (QED) is 0.799. The Kier molecular flexibility index (Phi) is 5.23. The molecule has 2 N–H and O–H groups in total. The van der Waals surface area contributed by atoms with E-state index in [9.17, 15) is 23.5 Å². The van der Waals surface area contributed by atoms with Gasteiger partial charge in [0.25, 0.3) is 5.91 Å². The summed E-state index contributed by atoms with van der Waals surface area (Å²) >= 11 is 0. The van der Waals surface area contributed by atoms with Crippen LogP contribution in [-0.4, -0.2) is 45.6 Å². The lowest BCUT2D eigenvalue weighted by Crippen LogP contribution is -2.50. The van der Waals surface area contributed by atoms with E-state index in [2.05, 4.69) is 15.3 Å². The van der Waals surface area contributed by atoms with Crippen molar-refractivity contribution in [1.82, 2.24) is 15.3 Å².